The lowest BCUT2D eigenvalue weighted by atomic mass is 10.0. The third-order valence-electron chi connectivity index (χ3n) is 4.92. The number of hydrogen-bond donors (Lipinski definition) is 1. The minimum atomic E-state index is -4.51. The second-order valence-corrected chi connectivity index (χ2v) is 6.91. The molecule has 9 heteroatoms. The summed E-state index contributed by atoms with van der Waals surface area (Å²) in [6, 6.07) is 12.2. The first-order chi connectivity index (χ1) is 13.8. The minimum Gasteiger partial charge on any atom is -0.410 e. The molecule has 0 spiro atoms. The minimum absolute atomic E-state index is 0. The van der Waals surface area contributed by atoms with Crippen LogP contribution in [0.3, 0.4) is 0 Å². The number of anilines is 1. The van der Waals surface area contributed by atoms with E-state index in [2.05, 4.69) is 17.1 Å². The van der Waals surface area contributed by atoms with Gasteiger partial charge in [0.1, 0.15) is 5.75 Å². The van der Waals surface area contributed by atoms with Crippen molar-refractivity contribution < 1.29 is 22.7 Å². The first-order valence-corrected chi connectivity index (χ1v) is 9.54. The molecule has 1 heterocycles. The fourth-order valence-corrected chi connectivity index (χ4v) is 3.30. The number of para-hydroxylation sites is 1. The average Bonchev–Trinajstić information content (AvgIpc) is 2.69. The number of alkyl halides is 3. The molecule has 1 amide bonds. The van der Waals surface area contributed by atoms with Crippen LogP contribution < -0.4 is 10.1 Å². The third kappa shape index (κ3) is 6.62. The largest absolute Gasteiger partial charge is 0.417 e. The second kappa shape index (κ2) is 10.7. The Bertz CT molecular complexity index is 826. The van der Waals surface area contributed by atoms with Gasteiger partial charge in [0, 0.05) is 38.4 Å². The van der Waals surface area contributed by atoms with Gasteiger partial charge in [0.2, 0.25) is 0 Å². The molecule has 0 radical (unpaired) electrons. The van der Waals surface area contributed by atoms with Crippen molar-refractivity contribution in [2.45, 2.75) is 19.6 Å². The van der Waals surface area contributed by atoms with Gasteiger partial charge >= 0.3 is 12.3 Å². The fraction of sp³-hybridized carbons (Fsp3) is 0.381. The number of likely N-dealkylation sites (N-methyl/N-ethyl adjacent to an activating group) is 1. The van der Waals surface area contributed by atoms with E-state index >= 15 is 0 Å². The van der Waals surface area contributed by atoms with E-state index in [9.17, 15) is 18.0 Å². The molecule has 0 unspecified atom stereocenters. The van der Waals surface area contributed by atoms with Crippen LogP contribution in [0.4, 0.5) is 23.7 Å². The van der Waals surface area contributed by atoms with Crippen LogP contribution in [0.5, 0.6) is 5.75 Å². The van der Waals surface area contributed by atoms with E-state index in [1.807, 2.05) is 4.90 Å². The van der Waals surface area contributed by atoms with Gasteiger partial charge < -0.3 is 9.64 Å². The van der Waals surface area contributed by atoms with Crippen LogP contribution in [0.25, 0.3) is 0 Å². The van der Waals surface area contributed by atoms with Gasteiger partial charge in [-0.3, -0.25) is 10.2 Å². The Kier molecular flexibility index (Phi) is 8.52. The maximum Gasteiger partial charge on any atom is 0.417 e. The summed E-state index contributed by atoms with van der Waals surface area (Å²) in [7, 11) is 0. The predicted octanol–water partition coefficient (Wildman–Crippen LogP) is 4.88. The summed E-state index contributed by atoms with van der Waals surface area (Å²) in [5, 5.41) is 2.37. The molecule has 30 heavy (non-hydrogen) atoms. The zero-order valence-electron chi connectivity index (χ0n) is 16.6. The predicted molar refractivity (Wildman–Crippen MR) is 112 cm³/mol. The molecule has 2 aromatic carbocycles. The highest BCUT2D eigenvalue weighted by Crippen LogP contribution is 2.34. The molecule has 0 aliphatic carbocycles. The molecule has 0 saturated carbocycles. The molecule has 1 saturated heterocycles. The summed E-state index contributed by atoms with van der Waals surface area (Å²) < 4.78 is 45.9. The Morgan fingerprint density at radius 2 is 1.67 bits per heavy atom. The van der Waals surface area contributed by atoms with Gasteiger partial charge in [-0.25, -0.2) is 4.79 Å². The lowest BCUT2D eigenvalue weighted by Crippen LogP contribution is -2.45. The van der Waals surface area contributed by atoms with Crippen molar-refractivity contribution in [1.82, 2.24) is 9.80 Å². The Balaban J connectivity index is 0.00000320. The summed E-state index contributed by atoms with van der Waals surface area (Å²) in [5.41, 5.74) is -0.504. The van der Waals surface area contributed by atoms with Crippen molar-refractivity contribution in [2.24, 2.45) is 0 Å². The van der Waals surface area contributed by atoms with Crippen molar-refractivity contribution in [1.29, 1.82) is 0 Å². The molecule has 5 nitrogen and oxygen atoms in total. The molecular weight excluding hydrogens is 419 g/mol. The molecule has 3 rings (SSSR count). The maximum atomic E-state index is 13.6. The molecule has 1 aliphatic heterocycles. The van der Waals surface area contributed by atoms with Gasteiger partial charge in [0.05, 0.1) is 5.56 Å². The Morgan fingerprint density at radius 3 is 2.27 bits per heavy atom. The van der Waals surface area contributed by atoms with Crippen LogP contribution in [0.15, 0.2) is 48.5 Å². The number of halogens is 4. The fourth-order valence-electron chi connectivity index (χ4n) is 3.30. The van der Waals surface area contributed by atoms with E-state index in [1.54, 1.807) is 30.3 Å². The van der Waals surface area contributed by atoms with Crippen LogP contribution in [-0.2, 0) is 12.7 Å². The molecule has 1 N–H and O–H groups in total. The van der Waals surface area contributed by atoms with Crippen molar-refractivity contribution in [3.63, 3.8) is 0 Å². The Hall–Kier alpha value is -2.29. The highest BCUT2D eigenvalue weighted by atomic mass is 35.5. The number of amides is 1. The first-order valence-electron chi connectivity index (χ1n) is 9.54. The lowest BCUT2D eigenvalue weighted by molar-refractivity contribution is -0.138. The van der Waals surface area contributed by atoms with Gasteiger partial charge in [-0.05, 0) is 36.4 Å². The lowest BCUT2D eigenvalue weighted by Gasteiger charge is -2.34. The van der Waals surface area contributed by atoms with E-state index < -0.39 is 17.8 Å². The molecule has 1 fully saturated rings. The van der Waals surface area contributed by atoms with Crippen LogP contribution in [-0.4, -0.2) is 48.6 Å². The number of carbonyl (C=O) groups is 1. The number of hydrogen-bond acceptors (Lipinski definition) is 4. The SMILES string of the molecule is CCN1CCN(Cc2ccc(NC(=O)Oc3ccccc3)cc2C(F)(F)F)CC1.Cl. The molecule has 0 bridgehead atoms. The summed E-state index contributed by atoms with van der Waals surface area (Å²) >= 11 is 0. The number of nitrogens with zero attached hydrogens (tertiary/aromatic N) is 2. The smallest absolute Gasteiger partial charge is 0.410 e. The quantitative estimate of drug-likeness (QED) is 0.715. The molecule has 0 aromatic heterocycles. The first kappa shape index (κ1) is 24.0. The zero-order chi connectivity index (χ0) is 20.9. The average molecular weight is 444 g/mol. The van der Waals surface area contributed by atoms with Gasteiger partial charge in [0.25, 0.3) is 0 Å². The van der Waals surface area contributed by atoms with Crippen LogP contribution in [0.2, 0.25) is 0 Å². The standard InChI is InChI=1S/C21H24F3N3O2.ClH/c1-2-26-10-12-27(13-11-26)15-16-8-9-17(14-19(16)21(22,23)24)25-20(28)29-18-6-4-3-5-7-18;/h3-9,14H,2,10-13,15H2,1H3,(H,25,28);1H. The van der Waals surface area contributed by atoms with Crippen LogP contribution >= 0.6 is 12.4 Å². The Labute approximate surface area is 180 Å². The monoisotopic (exact) mass is 443 g/mol. The summed E-state index contributed by atoms with van der Waals surface area (Å²) in [5.74, 6) is 0.309. The molecule has 2 aromatic rings. The van der Waals surface area contributed by atoms with E-state index in [4.69, 9.17) is 4.74 Å². The number of carbonyl (C=O) groups excluding carboxylic acids is 1. The maximum absolute atomic E-state index is 13.6. The van der Waals surface area contributed by atoms with Crippen molar-refractivity contribution in [2.75, 3.05) is 38.0 Å². The highest BCUT2D eigenvalue weighted by Gasteiger charge is 2.34. The summed E-state index contributed by atoms with van der Waals surface area (Å²) in [6.45, 7) is 6.41. The number of rotatable bonds is 5. The van der Waals surface area contributed by atoms with E-state index in [0.717, 1.165) is 38.8 Å². The number of ether oxygens (including phenoxy) is 1. The van der Waals surface area contributed by atoms with E-state index in [-0.39, 0.29) is 30.2 Å². The van der Waals surface area contributed by atoms with Crippen LogP contribution in [0, 0.1) is 0 Å². The summed E-state index contributed by atoms with van der Waals surface area (Å²) in [4.78, 5) is 16.3. The second-order valence-electron chi connectivity index (χ2n) is 6.91. The van der Waals surface area contributed by atoms with Gasteiger partial charge in [-0.2, -0.15) is 13.2 Å². The van der Waals surface area contributed by atoms with Gasteiger partial charge in [-0.1, -0.05) is 31.2 Å². The van der Waals surface area contributed by atoms with Crippen LogP contribution in [0.1, 0.15) is 18.1 Å². The van der Waals surface area contributed by atoms with Gasteiger partial charge in [0.15, 0.2) is 0 Å². The number of nitrogens with one attached hydrogen (secondary N) is 1. The topological polar surface area (TPSA) is 44.8 Å². The Morgan fingerprint density at radius 1 is 1.03 bits per heavy atom. The van der Waals surface area contributed by atoms with E-state index in [1.165, 1.54) is 12.1 Å². The van der Waals surface area contributed by atoms with Gasteiger partial charge in [-0.15, -0.1) is 12.4 Å². The normalized spacial score (nSPS) is 15.3. The number of piperazine rings is 1. The van der Waals surface area contributed by atoms with Crippen molar-refractivity contribution in [3.8, 4) is 5.75 Å². The molecule has 0 atom stereocenters. The van der Waals surface area contributed by atoms with Crippen molar-refractivity contribution >= 4 is 24.2 Å². The highest BCUT2D eigenvalue weighted by molar-refractivity contribution is 5.86. The molecular formula is C21H25ClF3N3O2. The molecule has 164 valence electrons. The van der Waals surface area contributed by atoms with Crippen molar-refractivity contribution in [3.05, 3.63) is 59.7 Å². The van der Waals surface area contributed by atoms with E-state index in [0.29, 0.717) is 5.75 Å². The molecule has 1 aliphatic rings. The number of benzene rings is 2. The zero-order valence-corrected chi connectivity index (χ0v) is 17.4. The summed E-state index contributed by atoms with van der Waals surface area (Å²) in [6.07, 6.45) is -5.35. The third-order valence-corrected chi connectivity index (χ3v) is 4.92.